The Morgan fingerprint density at radius 2 is 2.20 bits per heavy atom. The van der Waals surface area contributed by atoms with Crippen LogP contribution >= 0.6 is 11.3 Å². The topological polar surface area (TPSA) is 40.5 Å². The Hall–Kier alpha value is -0.940. The zero-order valence-electron chi connectivity index (χ0n) is 8.95. The van der Waals surface area contributed by atoms with E-state index in [4.69, 9.17) is 0 Å². The van der Waals surface area contributed by atoms with Crippen LogP contribution in [0.4, 0.5) is 4.39 Å². The molecule has 0 radical (unpaired) electrons. The van der Waals surface area contributed by atoms with E-state index in [2.05, 4.69) is 0 Å². The van der Waals surface area contributed by atoms with Crippen molar-refractivity contribution < 1.29 is 14.3 Å². The van der Waals surface area contributed by atoms with Crippen molar-refractivity contribution in [1.82, 2.24) is 4.90 Å². The Morgan fingerprint density at radius 3 is 2.60 bits per heavy atom. The van der Waals surface area contributed by atoms with Gasteiger partial charge in [-0.25, -0.2) is 0 Å². The molecular formula is C10H14FNO2S. The zero-order valence-corrected chi connectivity index (χ0v) is 9.77. The molecule has 0 fully saturated rings. The highest BCUT2D eigenvalue weighted by molar-refractivity contribution is 7.10. The molecule has 1 amide bonds. The summed E-state index contributed by atoms with van der Waals surface area (Å²) in [5.74, 6) is -0.186. The highest BCUT2D eigenvalue weighted by Crippen LogP contribution is 2.30. The molecule has 0 saturated heterocycles. The first kappa shape index (κ1) is 12.1. The number of carbonyl (C=O) groups is 1. The standard InChI is InChI=1S/C10H14FNO2S/c1-10(14,6-9(13)12(2)3)7-4-5-8(11)15-7/h4-5,14H,6H2,1-3H3/t10-/m0/s1. The van der Waals surface area contributed by atoms with Crippen molar-refractivity contribution in [3.63, 3.8) is 0 Å². The molecule has 0 aliphatic rings. The zero-order chi connectivity index (χ0) is 11.6. The van der Waals surface area contributed by atoms with Gasteiger partial charge in [0.25, 0.3) is 0 Å². The van der Waals surface area contributed by atoms with E-state index in [9.17, 15) is 14.3 Å². The van der Waals surface area contributed by atoms with Gasteiger partial charge in [-0.1, -0.05) is 0 Å². The number of thiophene rings is 1. The Kier molecular flexibility index (Phi) is 3.46. The molecule has 15 heavy (non-hydrogen) atoms. The Balaban J connectivity index is 2.79. The lowest BCUT2D eigenvalue weighted by atomic mass is 10.00. The van der Waals surface area contributed by atoms with E-state index in [1.807, 2.05) is 0 Å². The lowest BCUT2D eigenvalue weighted by Gasteiger charge is -2.22. The number of nitrogens with zero attached hydrogens (tertiary/aromatic N) is 1. The van der Waals surface area contributed by atoms with Crippen LogP contribution in [0.2, 0.25) is 0 Å². The minimum Gasteiger partial charge on any atom is -0.384 e. The normalized spacial score (nSPS) is 14.7. The maximum absolute atomic E-state index is 12.8. The second-order valence-electron chi connectivity index (χ2n) is 3.84. The fourth-order valence-electron chi connectivity index (χ4n) is 1.14. The number of carbonyl (C=O) groups excluding carboxylic acids is 1. The summed E-state index contributed by atoms with van der Waals surface area (Å²) in [4.78, 5) is 13.3. The summed E-state index contributed by atoms with van der Waals surface area (Å²) >= 11 is 0.861. The molecule has 1 aromatic rings. The van der Waals surface area contributed by atoms with Crippen molar-refractivity contribution >= 4 is 17.2 Å². The predicted octanol–water partition coefficient (Wildman–Crippen LogP) is 1.57. The predicted molar refractivity (Wildman–Crippen MR) is 57.2 cm³/mol. The average molecular weight is 231 g/mol. The maximum atomic E-state index is 12.8. The quantitative estimate of drug-likeness (QED) is 0.858. The number of halogens is 1. The lowest BCUT2D eigenvalue weighted by Crippen LogP contribution is -2.31. The van der Waals surface area contributed by atoms with Gasteiger partial charge in [-0.05, 0) is 19.1 Å². The summed E-state index contributed by atoms with van der Waals surface area (Å²) in [6, 6.07) is 2.79. The Morgan fingerprint density at radius 1 is 1.60 bits per heavy atom. The van der Waals surface area contributed by atoms with Gasteiger partial charge in [0.2, 0.25) is 5.91 Å². The number of hydrogen-bond donors (Lipinski definition) is 1. The molecule has 1 N–H and O–H groups in total. The van der Waals surface area contributed by atoms with E-state index in [0.717, 1.165) is 11.3 Å². The van der Waals surface area contributed by atoms with Crippen LogP contribution in [0.25, 0.3) is 0 Å². The van der Waals surface area contributed by atoms with Gasteiger partial charge in [-0.15, -0.1) is 11.3 Å². The van der Waals surface area contributed by atoms with Crippen LogP contribution < -0.4 is 0 Å². The second-order valence-corrected chi connectivity index (χ2v) is 4.88. The van der Waals surface area contributed by atoms with E-state index in [1.165, 1.54) is 24.0 Å². The third kappa shape index (κ3) is 3.00. The molecule has 0 aliphatic heterocycles. The minimum atomic E-state index is -1.30. The molecule has 84 valence electrons. The number of aliphatic hydroxyl groups is 1. The van der Waals surface area contributed by atoms with Crippen LogP contribution in [0.1, 0.15) is 18.2 Å². The summed E-state index contributed by atoms with van der Waals surface area (Å²) in [6.07, 6.45) is -0.0417. The van der Waals surface area contributed by atoms with Crippen molar-refractivity contribution in [2.24, 2.45) is 0 Å². The molecule has 0 saturated carbocycles. The second kappa shape index (κ2) is 4.28. The van der Waals surface area contributed by atoms with Gasteiger partial charge < -0.3 is 10.0 Å². The number of rotatable bonds is 3. The smallest absolute Gasteiger partial charge is 0.225 e. The molecule has 0 aromatic carbocycles. The summed E-state index contributed by atoms with van der Waals surface area (Å²) in [5, 5.41) is 9.66. The van der Waals surface area contributed by atoms with Crippen LogP contribution in [0.3, 0.4) is 0 Å². The third-order valence-electron chi connectivity index (χ3n) is 2.10. The SMILES string of the molecule is CN(C)C(=O)C[C@](C)(O)c1ccc(F)s1. The molecule has 5 heteroatoms. The molecule has 0 spiro atoms. The van der Waals surface area contributed by atoms with Crippen molar-refractivity contribution in [2.45, 2.75) is 18.9 Å². The van der Waals surface area contributed by atoms with Gasteiger partial charge >= 0.3 is 0 Å². The monoisotopic (exact) mass is 231 g/mol. The van der Waals surface area contributed by atoms with Gasteiger partial charge in [0.1, 0.15) is 5.60 Å². The van der Waals surface area contributed by atoms with Crippen LogP contribution in [0.5, 0.6) is 0 Å². The molecule has 1 aromatic heterocycles. The van der Waals surface area contributed by atoms with E-state index < -0.39 is 5.60 Å². The van der Waals surface area contributed by atoms with Gasteiger partial charge in [0, 0.05) is 19.0 Å². The largest absolute Gasteiger partial charge is 0.384 e. The van der Waals surface area contributed by atoms with E-state index >= 15 is 0 Å². The highest BCUT2D eigenvalue weighted by atomic mass is 32.1. The molecule has 0 aliphatic carbocycles. The van der Waals surface area contributed by atoms with E-state index in [1.54, 1.807) is 14.1 Å². The van der Waals surface area contributed by atoms with Crippen LogP contribution in [0, 0.1) is 5.13 Å². The molecule has 0 unspecified atom stereocenters. The van der Waals surface area contributed by atoms with Gasteiger partial charge in [-0.2, -0.15) is 4.39 Å². The Bertz CT molecular complexity index is 360. The number of hydrogen-bond acceptors (Lipinski definition) is 3. The van der Waals surface area contributed by atoms with Crippen molar-refractivity contribution in [3.8, 4) is 0 Å². The first-order valence-corrected chi connectivity index (χ1v) is 5.33. The highest BCUT2D eigenvalue weighted by Gasteiger charge is 2.29. The average Bonchev–Trinajstić information content (AvgIpc) is 2.51. The maximum Gasteiger partial charge on any atom is 0.225 e. The summed E-state index contributed by atoms with van der Waals surface area (Å²) in [7, 11) is 3.24. The molecule has 1 heterocycles. The number of amides is 1. The minimum absolute atomic E-state index is 0.0417. The van der Waals surface area contributed by atoms with Crippen LogP contribution in [-0.2, 0) is 10.4 Å². The van der Waals surface area contributed by atoms with Crippen molar-refractivity contribution in [3.05, 3.63) is 22.1 Å². The van der Waals surface area contributed by atoms with E-state index in [0.29, 0.717) is 4.88 Å². The molecule has 3 nitrogen and oxygen atoms in total. The fourth-order valence-corrected chi connectivity index (χ4v) is 1.92. The van der Waals surface area contributed by atoms with Gasteiger partial charge in [-0.3, -0.25) is 4.79 Å². The molecule has 1 rings (SSSR count). The van der Waals surface area contributed by atoms with Gasteiger partial charge in [0.05, 0.1) is 6.42 Å². The van der Waals surface area contributed by atoms with Crippen LogP contribution in [-0.4, -0.2) is 30.0 Å². The third-order valence-corrected chi connectivity index (χ3v) is 3.23. The summed E-state index contributed by atoms with van der Waals surface area (Å²) in [5.41, 5.74) is -1.30. The molecular weight excluding hydrogens is 217 g/mol. The first-order chi connectivity index (χ1) is 6.83. The fraction of sp³-hybridized carbons (Fsp3) is 0.500. The van der Waals surface area contributed by atoms with Gasteiger partial charge in [0.15, 0.2) is 5.13 Å². The summed E-state index contributed by atoms with van der Waals surface area (Å²) < 4.78 is 12.8. The lowest BCUT2D eigenvalue weighted by molar-refractivity contribution is -0.133. The Labute approximate surface area is 92.1 Å². The van der Waals surface area contributed by atoms with Crippen molar-refractivity contribution in [1.29, 1.82) is 0 Å². The first-order valence-electron chi connectivity index (χ1n) is 4.51. The molecule has 1 atom stereocenters. The van der Waals surface area contributed by atoms with Crippen LogP contribution in [0.15, 0.2) is 12.1 Å². The summed E-state index contributed by atoms with van der Waals surface area (Å²) in [6.45, 7) is 1.51. The van der Waals surface area contributed by atoms with Crippen molar-refractivity contribution in [2.75, 3.05) is 14.1 Å². The van der Waals surface area contributed by atoms with E-state index in [-0.39, 0.29) is 17.5 Å². The molecule has 0 bridgehead atoms.